The molecule has 42 heavy (non-hydrogen) atoms. The van der Waals surface area contributed by atoms with Crippen LogP contribution >= 0.6 is 58.2 Å². The molecule has 4 atom stereocenters. The van der Waals surface area contributed by atoms with Gasteiger partial charge < -0.3 is 27.2 Å². The molecule has 0 bridgehead atoms. The van der Waals surface area contributed by atoms with Crippen molar-refractivity contribution in [1.82, 2.24) is 25.5 Å². The van der Waals surface area contributed by atoms with E-state index in [4.69, 9.17) is 28.5 Å². The molecule has 0 spiro atoms. The molecule has 20 heteroatoms. The lowest BCUT2D eigenvalue weighted by Gasteiger charge is -2.49. The van der Waals surface area contributed by atoms with Crippen molar-refractivity contribution in [2.24, 2.45) is 10.9 Å². The number of nitrogens with two attached hydrogens (primary N) is 2. The number of carbonyl (C=O) groups excluding carboxylic acids is 3. The maximum absolute atomic E-state index is 13.1. The number of nitrogen functional groups attached to an aromatic ring is 1. The largest absolute Gasteiger partial charge is 0.477 e. The number of nitrogens with zero attached hydrogens (tertiary/aromatic N) is 4. The van der Waals surface area contributed by atoms with Crippen LogP contribution in [0.1, 0.15) is 29.6 Å². The maximum atomic E-state index is 13.1. The lowest BCUT2D eigenvalue weighted by molar-refractivity contribution is -0.150. The molecule has 0 aromatic carbocycles. The molecule has 8 N–H and O–H groups in total. The Kier molecular flexibility index (Phi) is 9.97. The van der Waals surface area contributed by atoms with Crippen molar-refractivity contribution in [3.8, 4) is 0 Å². The van der Waals surface area contributed by atoms with E-state index in [9.17, 15) is 29.2 Å². The van der Waals surface area contributed by atoms with Gasteiger partial charge in [-0.2, -0.15) is 0 Å². The van der Waals surface area contributed by atoms with Crippen LogP contribution in [0.2, 0.25) is 4.34 Å². The van der Waals surface area contributed by atoms with Crippen LogP contribution in [0.25, 0.3) is 0 Å². The van der Waals surface area contributed by atoms with Crippen molar-refractivity contribution in [2.75, 3.05) is 17.2 Å². The Morgan fingerprint density at radius 2 is 2.14 bits per heavy atom. The van der Waals surface area contributed by atoms with Crippen molar-refractivity contribution in [1.29, 1.82) is 5.41 Å². The average Bonchev–Trinajstić information content (AvgIpc) is 3.28. The Morgan fingerprint density at radius 3 is 2.74 bits per heavy atom. The highest BCUT2D eigenvalue weighted by molar-refractivity contribution is 8.06. The molecule has 2 aliphatic heterocycles. The zero-order valence-corrected chi connectivity index (χ0v) is 25.4. The van der Waals surface area contributed by atoms with Gasteiger partial charge in [-0.25, -0.2) is 9.78 Å². The van der Waals surface area contributed by atoms with Crippen LogP contribution in [-0.2, 0) is 19.2 Å². The lowest BCUT2D eigenvalue weighted by atomic mass is 10.0. The number of anilines is 1. The molecule has 2 unspecified atom stereocenters. The van der Waals surface area contributed by atoms with Crippen LogP contribution in [0, 0.1) is 10.3 Å². The number of β-lactam (4-membered cyclic amide) rings is 1. The van der Waals surface area contributed by atoms with Crippen LogP contribution in [0.15, 0.2) is 39.1 Å². The zero-order chi connectivity index (χ0) is 30.7. The maximum Gasteiger partial charge on any atom is 0.353 e. The van der Waals surface area contributed by atoms with Crippen LogP contribution in [0.5, 0.6) is 0 Å². The molecule has 0 aliphatic carbocycles. The van der Waals surface area contributed by atoms with Gasteiger partial charge in [-0.15, -0.1) is 28.4 Å². The Hall–Kier alpha value is -3.39. The number of thiazole rings is 1. The molecule has 3 amide bonds. The number of hydrogen-bond donors (Lipinski definition) is 6. The molecule has 2 aromatic rings. The number of aliphatic carboxylic acids is 1. The number of carboxylic acid groups (broad SMARTS) is 1. The first-order valence-electron chi connectivity index (χ1n) is 11.8. The lowest BCUT2D eigenvalue weighted by Crippen LogP contribution is -2.70. The molecule has 2 aliphatic rings. The molecule has 0 radical (unpaired) electrons. The first-order chi connectivity index (χ1) is 20.0. The fourth-order valence-corrected chi connectivity index (χ4v) is 8.55. The van der Waals surface area contributed by atoms with Crippen molar-refractivity contribution in [3.63, 3.8) is 0 Å². The van der Waals surface area contributed by atoms with Gasteiger partial charge in [0.2, 0.25) is 6.04 Å². The molecule has 222 valence electrons. The topological polar surface area (TPSA) is 247 Å². The van der Waals surface area contributed by atoms with Gasteiger partial charge in [0.05, 0.1) is 0 Å². The first kappa shape index (κ1) is 31.5. The van der Waals surface area contributed by atoms with Crippen molar-refractivity contribution < 1.29 is 24.3 Å². The molecular weight excluding hydrogens is 650 g/mol. The highest BCUT2D eigenvalue weighted by atomic mass is 35.5. The second-order valence-corrected chi connectivity index (χ2v) is 13.7. The second kappa shape index (κ2) is 13.3. The van der Waals surface area contributed by atoms with Gasteiger partial charge in [-0.3, -0.25) is 29.7 Å². The molecule has 4 rings (SSSR count). The van der Waals surface area contributed by atoms with E-state index in [-0.39, 0.29) is 26.6 Å². The number of nitroso groups, excluding NO2 is 1. The third kappa shape index (κ3) is 6.33. The summed E-state index contributed by atoms with van der Waals surface area (Å²) < 4.78 is 0.00883. The van der Waals surface area contributed by atoms with E-state index in [2.05, 4.69) is 25.8 Å². The Bertz CT molecular complexity index is 1500. The number of rotatable bonds is 11. The number of pyridine rings is 1. The number of fused-ring (bicyclic) bond motifs is 1. The smallest absolute Gasteiger partial charge is 0.353 e. The second-order valence-electron chi connectivity index (χ2n) is 8.43. The Balaban J connectivity index is 1.57. The fourth-order valence-electron chi connectivity index (χ4n) is 4.01. The number of nitrogens with one attached hydrogen (secondary N) is 3. The number of carbonyl (C=O) groups is 4. The Labute approximate surface area is 259 Å². The molecule has 0 saturated carbocycles. The van der Waals surface area contributed by atoms with Crippen molar-refractivity contribution >= 4 is 92.9 Å². The minimum absolute atomic E-state index is 0.00883. The van der Waals surface area contributed by atoms with Crippen LogP contribution in [0.3, 0.4) is 0 Å². The molecular formula is C22H22ClN9O6S4. The van der Waals surface area contributed by atoms with E-state index in [0.29, 0.717) is 21.1 Å². The molecule has 4 heterocycles. The monoisotopic (exact) mass is 671 g/mol. The normalized spacial score (nSPS) is 19.3. The highest BCUT2D eigenvalue weighted by Crippen LogP contribution is 2.47. The van der Waals surface area contributed by atoms with E-state index >= 15 is 0 Å². The van der Waals surface area contributed by atoms with Crippen molar-refractivity contribution in [2.45, 2.75) is 34.7 Å². The standard InChI is InChI=1S/C22H22ClN9O6S4/c1-2-39-18(30-17(34)15(24)25)7-5-27-4-3-8(7)41-9-6-40-20-12(19(35)32(20)13(9)21(36)37)28-16(33)11(31-38)10-14(23)42-22(26)29-10/h3-5,11-12,18,20H,2,6H2,1H3,(H3,24,25)(H2,26,29)(H,28,33)(H,30,34)(H,36,37)/t11?,12-,18?,20+/m1/s1. The summed E-state index contributed by atoms with van der Waals surface area (Å²) in [5.41, 5.74) is 11.1. The van der Waals surface area contributed by atoms with E-state index < -0.39 is 52.4 Å². The van der Waals surface area contributed by atoms with Crippen LogP contribution in [-0.4, -0.2) is 72.4 Å². The van der Waals surface area contributed by atoms with Gasteiger partial charge in [-0.05, 0) is 17.0 Å². The predicted molar refractivity (Wildman–Crippen MR) is 161 cm³/mol. The van der Waals surface area contributed by atoms with Gasteiger partial charge in [0, 0.05) is 33.5 Å². The summed E-state index contributed by atoms with van der Waals surface area (Å²) in [7, 11) is 0. The summed E-state index contributed by atoms with van der Waals surface area (Å²) in [6.07, 6.45) is 3.03. The third-order valence-corrected chi connectivity index (χ3v) is 10.6. The molecule has 15 nitrogen and oxygen atoms in total. The summed E-state index contributed by atoms with van der Waals surface area (Å²) in [6.45, 7) is 1.88. The number of halogens is 1. The van der Waals surface area contributed by atoms with Gasteiger partial charge in [0.15, 0.2) is 11.0 Å². The van der Waals surface area contributed by atoms with E-state index in [1.54, 1.807) is 6.07 Å². The fraction of sp³-hybridized carbons (Fsp3) is 0.318. The molecule has 1 fully saturated rings. The number of hydrogen-bond acceptors (Lipinski definition) is 14. The van der Waals surface area contributed by atoms with Crippen LogP contribution in [0.4, 0.5) is 5.13 Å². The summed E-state index contributed by atoms with van der Waals surface area (Å²) in [5.74, 6) is -3.62. The van der Waals surface area contributed by atoms with Gasteiger partial charge in [0.1, 0.15) is 32.5 Å². The van der Waals surface area contributed by atoms with E-state index in [1.165, 1.54) is 35.9 Å². The van der Waals surface area contributed by atoms with Crippen LogP contribution < -0.4 is 22.1 Å². The third-order valence-electron chi connectivity index (χ3n) is 5.84. The number of amides is 3. The van der Waals surface area contributed by atoms with Gasteiger partial charge in [-0.1, -0.05) is 41.6 Å². The van der Waals surface area contributed by atoms with E-state index in [1.807, 2.05) is 6.92 Å². The number of amidine groups is 1. The number of thioether (sulfide) groups is 3. The summed E-state index contributed by atoms with van der Waals surface area (Å²) in [5, 5.41) is 24.0. The van der Waals surface area contributed by atoms with Gasteiger partial charge >= 0.3 is 5.97 Å². The number of aromatic nitrogens is 2. The van der Waals surface area contributed by atoms with E-state index in [0.717, 1.165) is 28.0 Å². The van der Waals surface area contributed by atoms with Crippen molar-refractivity contribution in [3.05, 3.63) is 49.6 Å². The summed E-state index contributed by atoms with van der Waals surface area (Å²) in [6, 6.07) is -1.12. The molecule has 2 aromatic heterocycles. The predicted octanol–water partition coefficient (Wildman–Crippen LogP) is 1.87. The van der Waals surface area contributed by atoms with Gasteiger partial charge in [0.25, 0.3) is 17.7 Å². The highest BCUT2D eigenvalue weighted by Gasteiger charge is 2.55. The Morgan fingerprint density at radius 1 is 1.40 bits per heavy atom. The quantitative estimate of drug-likeness (QED) is 0.0657. The first-order valence-corrected chi connectivity index (χ1v) is 15.9. The summed E-state index contributed by atoms with van der Waals surface area (Å²) in [4.78, 5) is 71.9. The average molecular weight is 672 g/mol. The summed E-state index contributed by atoms with van der Waals surface area (Å²) >= 11 is 10.5. The SMILES string of the molecule is CCSC(NC(=O)C(=N)N)c1cnccc1SC1=C(C(=O)O)N2C(=O)[C@@H](NC(=O)C(N=O)c3nc(N)sc3Cl)[C@@H]2SC1. The number of carboxylic acids is 1. The minimum atomic E-state index is -1.65. The minimum Gasteiger partial charge on any atom is -0.477 e. The molecule has 1 saturated heterocycles. The zero-order valence-electron chi connectivity index (χ0n) is 21.4.